The molecule has 0 aromatic heterocycles. The Morgan fingerprint density at radius 3 is 2.38 bits per heavy atom. The van der Waals surface area contributed by atoms with Gasteiger partial charge in [0.25, 0.3) is 0 Å². The van der Waals surface area contributed by atoms with Crippen LogP contribution >= 0.6 is 0 Å². The second-order valence-corrected chi connectivity index (χ2v) is 6.57. The van der Waals surface area contributed by atoms with Gasteiger partial charge in [-0.15, -0.1) is 0 Å². The molecule has 7 heteroatoms. The number of carbonyl (C=O) groups is 1. The lowest BCUT2D eigenvalue weighted by Crippen LogP contribution is -2.54. The molecule has 2 rings (SSSR count). The Hall–Kier alpha value is -1.60. The van der Waals surface area contributed by atoms with Crippen LogP contribution in [0.4, 0.5) is 13.2 Å². The van der Waals surface area contributed by atoms with Gasteiger partial charge in [0.05, 0.1) is 11.6 Å². The van der Waals surface area contributed by atoms with E-state index in [1.54, 1.807) is 11.0 Å². The third kappa shape index (κ3) is 4.70. The van der Waals surface area contributed by atoms with Gasteiger partial charge in [-0.1, -0.05) is 32.0 Å². The summed E-state index contributed by atoms with van der Waals surface area (Å²) in [6.45, 7) is 6.64. The van der Waals surface area contributed by atoms with Crippen molar-refractivity contribution in [3.63, 3.8) is 0 Å². The van der Waals surface area contributed by atoms with Gasteiger partial charge in [0, 0.05) is 32.7 Å². The lowest BCUT2D eigenvalue weighted by molar-refractivity contribution is -0.138. The molecule has 24 heavy (non-hydrogen) atoms. The molecule has 1 aliphatic heterocycles. The first kappa shape index (κ1) is 18.7. The molecule has 0 saturated carbocycles. The highest BCUT2D eigenvalue weighted by Gasteiger charge is 2.31. The third-order valence-electron chi connectivity index (χ3n) is 4.35. The molecule has 2 N–H and O–H groups in total. The zero-order chi connectivity index (χ0) is 17.9. The van der Waals surface area contributed by atoms with Crippen molar-refractivity contribution in [2.24, 2.45) is 11.7 Å². The summed E-state index contributed by atoms with van der Waals surface area (Å²) in [6.07, 6.45) is -4.33. The zero-order valence-corrected chi connectivity index (χ0v) is 14.0. The number of hydrogen-bond donors (Lipinski definition) is 1. The lowest BCUT2D eigenvalue weighted by atomic mass is 10.0. The average molecular weight is 343 g/mol. The molecule has 1 aliphatic rings. The third-order valence-corrected chi connectivity index (χ3v) is 4.35. The van der Waals surface area contributed by atoms with E-state index in [1.807, 2.05) is 13.8 Å². The smallest absolute Gasteiger partial charge is 0.339 e. The molecule has 1 fully saturated rings. The molecule has 0 spiro atoms. The first-order valence-corrected chi connectivity index (χ1v) is 8.11. The first-order chi connectivity index (χ1) is 11.2. The van der Waals surface area contributed by atoms with E-state index < -0.39 is 17.8 Å². The minimum atomic E-state index is -4.33. The molecule has 1 heterocycles. The van der Waals surface area contributed by atoms with Gasteiger partial charge in [-0.3, -0.25) is 9.69 Å². The molecule has 1 amide bonds. The van der Waals surface area contributed by atoms with E-state index in [9.17, 15) is 18.0 Å². The van der Waals surface area contributed by atoms with Crippen LogP contribution in [0.2, 0.25) is 0 Å². The maximum absolute atomic E-state index is 12.8. The van der Waals surface area contributed by atoms with Crippen LogP contribution in [0, 0.1) is 5.92 Å². The Labute approximate surface area is 140 Å². The summed E-state index contributed by atoms with van der Waals surface area (Å²) in [5.74, 6) is 0.0318. The molecule has 1 saturated heterocycles. The van der Waals surface area contributed by atoms with Crippen LogP contribution in [-0.4, -0.2) is 47.9 Å². The number of hydrogen-bond acceptors (Lipinski definition) is 3. The summed E-state index contributed by atoms with van der Waals surface area (Å²) in [4.78, 5) is 16.0. The summed E-state index contributed by atoms with van der Waals surface area (Å²) in [5.41, 5.74) is 5.90. The maximum Gasteiger partial charge on any atom is 0.416 e. The predicted octanol–water partition coefficient (Wildman–Crippen LogP) is 2.33. The number of rotatable bonds is 4. The second-order valence-electron chi connectivity index (χ2n) is 6.57. The molecular weight excluding hydrogens is 319 g/mol. The maximum atomic E-state index is 12.8. The molecular formula is C17H24F3N3O. The predicted molar refractivity (Wildman–Crippen MR) is 86.1 cm³/mol. The monoisotopic (exact) mass is 343 g/mol. The van der Waals surface area contributed by atoms with Crippen LogP contribution < -0.4 is 5.73 Å². The Balaban J connectivity index is 1.91. The van der Waals surface area contributed by atoms with Gasteiger partial charge in [-0.2, -0.15) is 13.2 Å². The van der Waals surface area contributed by atoms with Crippen molar-refractivity contribution in [1.29, 1.82) is 0 Å². The Bertz CT molecular complexity index is 566. The van der Waals surface area contributed by atoms with Crippen LogP contribution in [-0.2, 0) is 17.5 Å². The number of nitrogens with zero attached hydrogens (tertiary/aromatic N) is 2. The standard InChI is InChI=1S/C17H24F3N3O/c1-12(2)15(21)16(24)23-8-6-22(7-9-23)11-13-4-3-5-14(10-13)17(18,19)20/h3-5,10,12,15H,6-9,11,21H2,1-2H3/t15-/m0/s1. The van der Waals surface area contributed by atoms with E-state index in [1.165, 1.54) is 12.1 Å². The van der Waals surface area contributed by atoms with Crippen molar-refractivity contribution in [3.05, 3.63) is 35.4 Å². The molecule has 0 radical (unpaired) electrons. The van der Waals surface area contributed by atoms with Crippen molar-refractivity contribution in [3.8, 4) is 0 Å². The fourth-order valence-electron chi connectivity index (χ4n) is 2.73. The lowest BCUT2D eigenvalue weighted by Gasteiger charge is -2.36. The number of alkyl halides is 3. The van der Waals surface area contributed by atoms with E-state index in [-0.39, 0.29) is 11.8 Å². The Morgan fingerprint density at radius 1 is 1.21 bits per heavy atom. The van der Waals surface area contributed by atoms with Gasteiger partial charge in [0.1, 0.15) is 0 Å². The fraction of sp³-hybridized carbons (Fsp3) is 0.588. The number of amides is 1. The highest BCUT2D eigenvalue weighted by molar-refractivity contribution is 5.82. The molecule has 0 aliphatic carbocycles. The molecule has 1 aromatic rings. The SMILES string of the molecule is CC(C)[C@H](N)C(=O)N1CCN(Cc2cccc(C(F)(F)F)c2)CC1. The van der Waals surface area contributed by atoms with Gasteiger partial charge in [0.15, 0.2) is 0 Å². The summed E-state index contributed by atoms with van der Waals surface area (Å²) in [5, 5.41) is 0. The largest absolute Gasteiger partial charge is 0.416 e. The molecule has 1 atom stereocenters. The summed E-state index contributed by atoms with van der Waals surface area (Å²) >= 11 is 0. The van der Waals surface area contributed by atoms with Crippen molar-refractivity contribution in [2.45, 2.75) is 32.6 Å². The fourth-order valence-corrected chi connectivity index (χ4v) is 2.73. The van der Waals surface area contributed by atoms with Gasteiger partial charge in [-0.25, -0.2) is 0 Å². The normalized spacial score (nSPS) is 18.0. The number of carbonyl (C=O) groups excluding carboxylic acids is 1. The van der Waals surface area contributed by atoms with Gasteiger partial charge in [0.2, 0.25) is 5.91 Å². The van der Waals surface area contributed by atoms with E-state index in [0.29, 0.717) is 38.3 Å². The van der Waals surface area contributed by atoms with Crippen LogP contribution in [0.1, 0.15) is 25.0 Å². The minimum absolute atomic E-state index is 0.0521. The van der Waals surface area contributed by atoms with Gasteiger partial charge in [-0.05, 0) is 17.5 Å². The highest BCUT2D eigenvalue weighted by Crippen LogP contribution is 2.29. The zero-order valence-electron chi connectivity index (χ0n) is 14.0. The van der Waals surface area contributed by atoms with E-state index in [0.717, 1.165) is 6.07 Å². The number of benzene rings is 1. The van der Waals surface area contributed by atoms with Crippen molar-refractivity contribution < 1.29 is 18.0 Å². The number of nitrogens with two attached hydrogens (primary N) is 1. The number of halogens is 3. The summed E-state index contributed by atoms with van der Waals surface area (Å²) < 4.78 is 38.3. The average Bonchev–Trinajstić information content (AvgIpc) is 2.53. The Morgan fingerprint density at radius 2 is 1.83 bits per heavy atom. The quantitative estimate of drug-likeness (QED) is 0.913. The highest BCUT2D eigenvalue weighted by atomic mass is 19.4. The number of piperazine rings is 1. The topological polar surface area (TPSA) is 49.6 Å². The molecule has 0 unspecified atom stereocenters. The van der Waals surface area contributed by atoms with Crippen molar-refractivity contribution >= 4 is 5.91 Å². The summed E-state index contributed by atoms with van der Waals surface area (Å²) in [6, 6.07) is 4.89. The minimum Gasteiger partial charge on any atom is -0.339 e. The summed E-state index contributed by atoms with van der Waals surface area (Å²) in [7, 11) is 0. The molecule has 4 nitrogen and oxygen atoms in total. The van der Waals surface area contributed by atoms with E-state index >= 15 is 0 Å². The van der Waals surface area contributed by atoms with Gasteiger partial charge < -0.3 is 10.6 Å². The van der Waals surface area contributed by atoms with Crippen molar-refractivity contribution in [1.82, 2.24) is 9.80 Å². The van der Waals surface area contributed by atoms with E-state index in [4.69, 9.17) is 5.73 Å². The van der Waals surface area contributed by atoms with Crippen molar-refractivity contribution in [2.75, 3.05) is 26.2 Å². The Kier molecular flexibility index (Phi) is 5.87. The van der Waals surface area contributed by atoms with Crippen LogP contribution in [0.25, 0.3) is 0 Å². The molecule has 1 aromatic carbocycles. The molecule has 0 bridgehead atoms. The molecule has 134 valence electrons. The first-order valence-electron chi connectivity index (χ1n) is 8.11. The van der Waals surface area contributed by atoms with E-state index in [2.05, 4.69) is 4.90 Å². The van der Waals surface area contributed by atoms with Gasteiger partial charge >= 0.3 is 6.18 Å². The van der Waals surface area contributed by atoms with Crippen LogP contribution in [0.15, 0.2) is 24.3 Å². The second kappa shape index (κ2) is 7.53. The van der Waals surface area contributed by atoms with Crippen LogP contribution in [0.5, 0.6) is 0 Å². The van der Waals surface area contributed by atoms with Crippen LogP contribution in [0.3, 0.4) is 0 Å².